The Morgan fingerprint density at radius 3 is 2.14 bits per heavy atom. The second-order valence-corrected chi connectivity index (χ2v) is 7.03. The number of nitrogens with one attached hydrogen (secondary N) is 1. The lowest BCUT2D eigenvalue weighted by molar-refractivity contribution is 0.0520. The second kappa shape index (κ2) is 9.21. The molecule has 0 aliphatic rings. The molecule has 2 aromatic carbocycles. The Kier molecular flexibility index (Phi) is 6.98. The van der Waals surface area contributed by atoms with Gasteiger partial charge in [-0.2, -0.15) is 0 Å². The second-order valence-electron chi connectivity index (χ2n) is 7.03. The summed E-state index contributed by atoms with van der Waals surface area (Å²) >= 11 is 0. The van der Waals surface area contributed by atoms with E-state index in [-0.39, 0.29) is 18.9 Å². The maximum atomic E-state index is 11.6. The fourth-order valence-corrected chi connectivity index (χ4v) is 2.46. The molecular formula is C21H27NO6. The van der Waals surface area contributed by atoms with Crippen LogP contribution in [0, 0.1) is 0 Å². The van der Waals surface area contributed by atoms with Crippen LogP contribution < -0.4 is 19.5 Å². The minimum atomic E-state index is -0.552. The molecule has 0 saturated heterocycles. The van der Waals surface area contributed by atoms with Gasteiger partial charge in [-0.05, 0) is 56.2 Å². The predicted molar refractivity (Wildman–Crippen MR) is 106 cm³/mol. The standard InChI is InChI=1S/C21H27NO6/c1-21(2,3)28-20(24)22-10-11-27-17-8-6-14(12-16(17)23)15-7-9-18(25-4)19(13-15)26-5/h6-9,12-13,23H,10-11H2,1-5H3,(H,22,24). The van der Waals surface area contributed by atoms with Crippen molar-refractivity contribution >= 4 is 6.09 Å². The average Bonchev–Trinajstić information content (AvgIpc) is 2.64. The minimum Gasteiger partial charge on any atom is -0.504 e. The van der Waals surface area contributed by atoms with E-state index in [0.29, 0.717) is 17.2 Å². The number of phenolic OH excluding ortho intramolecular Hbond substituents is 1. The van der Waals surface area contributed by atoms with Gasteiger partial charge in [0.1, 0.15) is 12.2 Å². The molecule has 0 spiro atoms. The molecular weight excluding hydrogens is 362 g/mol. The number of methoxy groups -OCH3 is 2. The van der Waals surface area contributed by atoms with Crippen LogP contribution in [0.3, 0.4) is 0 Å². The van der Waals surface area contributed by atoms with Crippen molar-refractivity contribution in [1.82, 2.24) is 5.32 Å². The summed E-state index contributed by atoms with van der Waals surface area (Å²) in [5, 5.41) is 12.8. The molecule has 0 unspecified atom stereocenters. The zero-order chi connectivity index (χ0) is 20.7. The quantitative estimate of drug-likeness (QED) is 0.697. The van der Waals surface area contributed by atoms with Crippen molar-refractivity contribution in [2.45, 2.75) is 26.4 Å². The zero-order valence-electron chi connectivity index (χ0n) is 16.9. The van der Waals surface area contributed by atoms with Crippen molar-refractivity contribution in [1.29, 1.82) is 0 Å². The normalized spacial score (nSPS) is 10.9. The number of rotatable bonds is 7. The number of hydrogen-bond donors (Lipinski definition) is 2. The number of alkyl carbamates (subject to hydrolysis) is 1. The van der Waals surface area contributed by atoms with Gasteiger partial charge in [0.15, 0.2) is 23.0 Å². The van der Waals surface area contributed by atoms with Crippen molar-refractivity contribution in [3.05, 3.63) is 36.4 Å². The summed E-state index contributed by atoms with van der Waals surface area (Å²) < 4.78 is 21.2. The van der Waals surface area contributed by atoms with Crippen LogP contribution in [-0.4, -0.2) is 44.2 Å². The fraction of sp³-hybridized carbons (Fsp3) is 0.381. The predicted octanol–water partition coefficient (Wildman–Crippen LogP) is 3.98. The molecule has 2 N–H and O–H groups in total. The summed E-state index contributed by atoms with van der Waals surface area (Å²) in [4.78, 5) is 11.6. The van der Waals surface area contributed by atoms with Crippen LogP contribution in [0.4, 0.5) is 4.79 Å². The van der Waals surface area contributed by atoms with E-state index in [9.17, 15) is 9.90 Å². The Morgan fingerprint density at radius 2 is 1.57 bits per heavy atom. The van der Waals surface area contributed by atoms with Gasteiger partial charge in [-0.15, -0.1) is 0 Å². The molecule has 0 saturated carbocycles. The van der Waals surface area contributed by atoms with Gasteiger partial charge in [0.05, 0.1) is 20.8 Å². The van der Waals surface area contributed by atoms with Gasteiger partial charge in [-0.3, -0.25) is 0 Å². The molecule has 0 fully saturated rings. The van der Waals surface area contributed by atoms with Gasteiger partial charge in [0.2, 0.25) is 0 Å². The number of ether oxygens (including phenoxy) is 4. The number of carbonyl (C=O) groups is 1. The van der Waals surface area contributed by atoms with Crippen LogP contribution in [0.5, 0.6) is 23.0 Å². The highest BCUT2D eigenvalue weighted by molar-refractivity contribution is 5.70. The van der Waals surface area contributed by atoms with Crippen LogP contribution >= 0.6 is 0 Å². The SMILES string of the molecule is COc1ccc(-c2ccc(OCCNC(=O)OC(C)(C)C)c(O)c2)cc1OC. The topological polar surface area (TPSA) is 86.3 Å². The van der Waals surface area contributed by atoms with Gasteiger partial charge >= 0.3 is 6.09 Å². The highest BCUT2D eigenvalue weighted by Crippen LogP contribution is 2.35. The summed E-state index contributed by atoms with van der Waals surface area (Å²) in [5.41, 5.74) is 1.12. The van der Waals surface area contributed by atoms with Crippen LogP contribution in [0.25, 0.3) is 11.1 Å². The number of carbonyl (C=O) groups excluding carboxylic acids is 1. The van der Waals surface area contributed by atoms with Crippen molar-refractivity contribution in [3.63, 3.8) is 0 Å². The maximum Gasteiger partial charge on any atom is 0.407 e. The summed E-state index contributed by atoms with van der Waals surface area (Å²) in [6.07, 6.45) is -0.510. The van der Waals surface area contributed by atoms with E-state index in [4.69, 9.17) is 18.9 Å². The largest absolute Gasteiger partial charge is 0.504 e. The van der Waals surface area contributed by atoms with E-state index in [1.807, 2.05) is 18.2 Å². The number of hydrogen-bond acceptors (Lipinski definition) is 6. The van der Waals surface area contributed by atoms with Gasteiger partial charge in [0, 0.05) is 0 Å². The lowest BCUT2D eigenvalue weighted by atomic mass is 10.0. The van der Waals surface area contributed by atoms with Crippen LogP contribution in [0.1, 0.15) is 20.8 Å². The van der Waals surface area contributed by atoms with Gasteiger partial charge in [-0.25, -0.2) is 4.79 Å². The van der Waals surface area contributed by atoms with E-state index in [2.05, 4.69) is 5.32 Å². The number of phenols is 1. The third kappa shape index (κ3) is 5.97. The summed E-state index contributed by atoms with van der Waals surface area (Å²) in [7, 11) is 3.15. The Labute approximate surface area is 165 Å². The van der Waals surface area contributed by atoms with E-state index >= 15 is 0 Å². The van der Waals surface area contributed by atoms with Crippen LogP contribution in [0.2, 0.25) is 0 Å². The number of aromatic hydroxyl groups is 1. The molecule has 2 aromatic rings. The van der Waals surface area contributed by atoms with E-state index in [0.717, 1.165) is 11.1 Å². The smallest absolute Gasteiger partial charge is 0.407 e. The first-order chi connectivity index (χ1) is 13.2. The number of amides is 1. The molecule has 152 valence electrons. The minimum absolute atomic E-state index is 0.00422. The van der Waals surface area contributed by atoms with Gasteiger partial charge in [0.25, 0.3) is 0 Å². The fourth-order valence-electron chi connectivity index (χ4n) is 2.46. The highest BCUT2D eigenvalue weighted by Gasteiger charge is 2.15. The zero-order valence-corrected chi connectivity index (χ0v) is 16.9. The average molecular weight is 389 g/mol. The lowest BCUT2D eigenvalue weighted by Gasteiger charge is -2.19. The molecule has 0 bridgehead atoms. The van der Waals surface area contributed by atoms with E-state index in [1.165, 1.54) is 0 Å². The van der Waals surface area contributed by atoms with Gasteiger partial charge in [-0.1, -0.05) is 12.1 Å². The summed E-state index contributed by atoms with van der Waals surface area (Å²) in [5.74, 6) is 1.57. The molecule has 0 aliphatic heterocycles. The Hall–Kier alpha value is -3.09. The first-order valence-electron chi connectivity index (χ1n) is 8.88. The third-order valence-corrected chi connectivity index (χ3v) is 3.70. The number of benzene rings is 2. The van der Waals surface area contributed by atoms with E-state index in [1.54, 1.807) is 53.2 Å². The molecule has 7 heteroatoms. The molecule has 0 atom stereocenters. The molecule has 0 aliphatic carbocycles. The molecule has 0 radical (unpaired) electrons. The van der Waals surface area contributed by atoms with Gasteiger partial charge < -0.3 is 29.4 Å². The molecule has 2 rings (SSSR count). The van der Waals surface area contributed by atoms with Crippen LogP contribution in [-0.2, 0) is 4.74 Å². The van der Waals surface area contributed by atoms with Crippen molar-refractivity contribution in [2.24, 2.45) is 0 Å². The first-order valence-corrected chi connectivity index (χ1v) is 8.88. The molecule has 7 nitrogen and oxygen atoms in total. The van der Waals surface area contributed by atoms with Crippen LogP contribution in [0.15, 0.2) is 36.4 Å². The maximum absolute atomic E-state index is 11.6. The third-order valence-electron chi connectivity index (χ3n) is 3.70. The first kappa shape index (κ1) is 21.2. The Balaban J connectivity index is 1.96. The van der Waals surface area contributed by atoms with Crippen molar-refractivity contribution in [2.75, 3.05) is 27.4 Å². The molecule has 1 amide bonds. The molecule has 28 heavy (non-hydrogen) atoms. The lowest BCUT2D eigenvalue weighted by Crippen LogP contribution is -2.34. The Bertz CT molecular complexity index is 813. The monoisotopic (exact) mass is 389 g/mol. The highest BCUT2D eigenvalue weighted by atomic mass is 16.6. The molecule has 0 aromatic heterocycles. The van der Waals surface area contributed by atoms with Crippen molar-refractivity contribution < 1.29 is 28.8 Å². The summed E-state index contributed by atoms with van der Waals surface area (Å²) in [6, 6.07) is 10.6. The molecule has 0 heterocycles. The Morgan fingerprint density at radius 1 is 0.964 bits per heavy atom. The van der Waals surface area contributed by atoms with E-state index < -0.39 is 11.7 Å². The van der Waals surface area contributed by atoms with Crippen molar-refractivity contribution in [3.8, 4) is 34.1 Å². The summed E-state index contributed by atoms with van der Waals surface area (Å²) in [6.45, 7) is 5.83.